The van der Waals surface area contributed by atoms with Crippen LogP contribution in [0.2, 0.25) is 0 Å². The van der Waals surface area contributed by atoms with E-state index in [1.165, 1.54) is 6.07 Å². The van der Waals surface area contributed by atoms with Crippen LogP contribution in [0.25, 0.3) is 0 Å². The lowest BCUT2D eigenvalue weighted by molar-refractivity contribution is -0.122. The predicted octanol–water partition coefficient (Wildman–Crippen LogP) is 2.32. The van der Waals surface area contributed by atoms with E-state index in [0.717, 1.165) is 11.4 Å². The summed E-state index contributed by atoms with van der Waals surface area (Å²) in [4.78, 5) is 31.6. The Labute approximate surface area is 175 Å². The number of aromatic hydroxyl groups is 1. The number of hydrogen-bond donors (Lipinski definition) is 2. The minimum absolute atomic E-state index is 0.0335. The molecule has 1 saturated heterocycles. The van der Waals surface area contributed by atoms with Crippen molar-refractivity contribution in [3.8, 4) is 5.75 Å². The van der Waals surface area contributed by atoms with Crippen molar-refractivity contribution in [3.05, 3.63) is 83.9 Å². The van der Waals surface area contributed by atoms with E-state index in [1.807, 2.05) is 37.3 Å². The molecule has 1 aromatic heterocycles. The van der Waals surface area contributed by atoms with Crippen LogP contribution in [-0.2, 0) is 11.3 Å². The molecule has 2 amide bonds. The van der Waals surface area contributed by atoms with E-state index in [1.54, 1.807) is 40.1 Å². The zero-order chi connectivity index (χ0) is 21.1. The van der Waals surface area contributed by atoms with Gasteiger partial charge in [0.15, 0.2) is 0 Å². The van der Waals surface area contributed by atoms with Crippen LogP contribution in [0.15, 0.2) is 67.0 Å². The third kappa shape index (κ3) is 4.05. The van der Waals surface area contributed by atoms with Crippen LogP contribution in [0, 0.1) is 6.92 Å². The molecular formula is C23H24N4O3. The second-order valence-corrected chi connectivity index (χ2v) is 7.52. The van der Waals surface area contributed by atoms with Crippen LogP contribution in [0.3, 0.4) is 0 Å². The number of aryl methyl sites for hydroxylation is 1. The van der Waals surface area contributed by atoms with Crippen LogP contribution < -0.4 is 5.32 Å². The van der Waals surface area contributed by atoms with Gasteiger partial charge in [-0.05, 0) is 24.6 Å². The molecule has 7 nitrogen and oxygen atoms in total. The molecule has 0 radical (unpaired) electrons. The lowest BCUT2D eigenvalue weighted by Crippen LogP contribution is -2.42. The van der Waals surface area contributed by atoms with Crippen molar-refractivity contribution in [1.82, 2.24) is 19.8 Å². The van der Waals surface area contributed by atoms with Gasteiger partial charge in [0.2, 0.25) is 5.91 Å². The standard InChI is InChI=1S/C23H24N4O3/c1-16-24-11-12-26(16)15-22(29)25-20-14-27(13-19(20)17-7-3-2-4-8-17)23(30)18-9-5-6-10-21(18)28/h2-12,19-20,28H,13-15H2,1H3,(H,25,29)/t19-,20+/m0/s1. The molecule has 1 aliphatic rings. The van der Waals surface area contributed by atoms with Crippen LogP contribution in [0.5, 0.6) is 5.75 Å². The average molecular weight is 404 g/mol. The van der Waals surface area contributed by atoms with Crippen LogP contribution in [0.4, 0.5) is 0 Å². The number of phenolic OH excluding ortho intramolecular Hbond substituents is 1. The van der Waals surface area contributed by atoms with Gasteiger partial charge in [0, 0.05) is 31.4 Å². The number of nitrogens with one attached hydrogen (secondary N) is 1. The normalized spacial score (nSPS) is 18.4. The molecule has 0 bridgehead atoms. The summed E-state index contributed by atoms with van der Waals surface area (Å²) in [5.74, 6) is 0.332. The van der Waals surface area contributed by atoms with E-state index < -0.39 is 0 Å². The fraction of sp³-hybridized carbons (Fsp3) is 0.261. The zero-order valence-corrected chi connectivity index (χ0v) is 16.7. The van der Waals surface area contributed by atoms with Gasteiger partial charge in [0.05, 0.1) is 11.6 Å². The average Bonchev–Trinajstić information content (AvgIpc) is 3.35. The molecule has 2 atom stereocenters. The van der Waals surface area contributed by atoms with E-state index in [-0.39, 0.29) is 41.6 Å². The van der Waals surface area contributed by atoms with Crippen molar-refractivity contribution in [3.63, 3.8) is 0 Å². The van der Waals surface area contributed by atoms with Crippen molar-refractivity contribution in [2.75, 3.05) is 13.1 Å². The number of amides is 2. The van der Waals surface area contributed by atoms with Crippen molar-refractivity contribution in [2.45, 2.75) is 25.4 Å². The first-order chi connectivity index (χ1) is 14.5. The summed E-state index contributed by atoms with van der Waals surface area (Å²) in [6.07, 6.45) is 3.43. The van der Waals surface area contributed by atoms with Gasteiger partial charge in [-0.2, -0.15) is 0 Å². The van der Waals surface area contributed by atoms with Gasteiger partial charge < -0.3 is 19.9 Å². The quantitative estimate of drug-likeness (QED) is 0.683. The first kappa shape index (κ1) is 19.7. The number of likely N-dealkylation sites (tertiary alicyclic amines) is 1. The lowest BCUT2D eigenvalue weighted by Gasteiger charge is -2.20. The summed E-state index contributed by atoms with van der Waals surface area (Å²) in [5.41, 5.74) is 1.33. The summed E-state index contributed by atoms with van der Waals surface area (Å²) in [7, 11) is 0. The Kier molecular flexibility index (Phi) is 5.52. The molecule has 2 heterocycles. The molecule has 0 aliphatic carbocycles. The number of carbonyl (C=O) groups excluding carboxylic acids is 2. The highest BCUT2D eigenvalue weighted by molar-refractivity contribution is 5.97. The van der Waals surface area contributed by atoms with Gasteiger partial charge in [0.1, 0.15) is 18.1 Å². The summed E-state index contributed by atoms with van der Waals surface area (Å²) < 4.78 is 1.78. The highest BCUT2D eigenvalue weighted by Crippen LogP contribution is 2.30. The number of aromatic nitrogens is 2. The monoisotopic (exact) mass is 404 g/mol. The number of carbonyl (C=O) groups is 2. The molecule has 2 aromatic carbocycles. The number of para-hydroxylation sites is 1. The Hall–Kier alpha value is -3.61. The second-order valence-electron chi connectivity index (χ2n) is 7.52. The molecule has 3 aromatic rings. The second kappa shape index (κ2) is 8.41. The molecular weight excluding hydrogens is 380 g/mol. The maximum absolute atomic E-state index is 13.0. The van der Waals surface area contributed by atoms with E-state index >= 15 is 0 Å². The Morgan fingerprint density at radius 2 is 1.83 bits per heavy atom. The lowest BCUT2D eigenvalue weighted by atomic mass is 9.94. The summed E-state index contributed by atoms with van der Waals surface area (Å²) in [6.45, 7) is 2.87. The fourth-order valence-electron chi connectivity index (χ4n) is 3.96. The molecule has 1 aliphatic heterocycles. The van der Waals surface area contributed by atoms with Crippen molar-refractivity contribution < 1.29 is 14.7 Å². The Morgan fingerprint density at radius 1 is 1.10 bits per heavy atom. The topological polar surface area (TPSA) is 87.5 Å². The van der Waals surface area contributed by atoms with Crippen LogP contribution >= 0.6 is 0 Å². The molecule has 30 heavy (non-hydrogen) atoms. The molecule has 1 fully saturated rings. The highest BCUT2D eigenvalue weighted by atomic mass is 16.3. The van der Waals surface area contributed by atoms with Gasteiger partial charge in [-0.25, -0.2) is 4.98 Å². The number of nitrogens with zero attached hydrogens (tertiary/aromatic N) is 3. The Bertz CT molecular complexity index is 1050. The number of benzene rings is 2. The van der Waals surface area contributed by atoms with E-state index in [2.05, 4.69) is 10.3 Å². The zero-order valence-electron chi connectivity index (χ0n) is 16.7. The maximum atomic E-state index is 13.0. The van der Waals surface area contributed by atoms with Gasteiger partial charge in [-0.3, -0.25) is 9.59 Å². The smallest absolute Gasteiger partial charge is 0.257 e. The van der Waals surface area contributed by atoms with Crippen molar-refractivity contribution in [2.24, 2.45) is 0 Å². The summed E-state index contributed by atoms with van der Waals surface area (Å²) in [5, 5.41) is 13.2. The van der Waals surface area contributed by atoms with Crippen LogP contribution in [-0.4, -0.2) is 50.5 Å². The fourth-order valence-corrected chi connectivity index (χ4v) is 3.96. The summed E-state index contributed by atoms with van der Waals surface area (Å²) in [6, 6.07) is 16.2. The van der Waals surface area contributed by atoms with Gasteiger partial charge in [-0.1, -0.05) is 42.5 Å². The number of imidazole rings is 1. The van der Waals surface area contributed by atoms with E-state index in [0.29, 0.717) is 13.1 Å². The first-order valence-corrected chi connectivity index (χ1v) is 9.92. The SMILES string of the molecule is Cc1nccn1CC(=O)N[C@@H]1CN(C(=O)c2ccccc2O)C[C@H]1c1ccccc1. The Balaban J connectivity index is 1.54. The molecule has 154 valence electrons. The molecule has 0 saturated carbocycles. The number of hydrogen-bond acceptors (Lipinski definition) is 4. The predicted molar refractivity (Wildman–Crippen MR) is 112 cm³/mol. The third-order valence-corrected chi connectivity index (χ3v) is 5.55. The minimum Gasteiger partial charge on any atom is -0.507 e. The van der Waals surface area contributed by atoms with Gasteiger partial charge >= 0.3 is 0 Å². The number of rotatable bonds is 5. The van der Waals surface area contributed by atoms with Gasteiger partial charge in [-0.15, -0.1) is 0 Å². The summed E-state index contributed by atoms with van der Waals surface area (Å²) >= 11 is 0. The van der Waals surface area contributed by atoms with Crippen LogP contribution in [0.1, 0.15) is 27.7 Å². The minimum atomic E-state index is -0.240. The molecule has 2 N–H and O–H groups in total. The van der Waals surface area contributed by atoms with E-state index in [9.17, 15) is 14.7 Å². The molecule has 4 rings (SSSR count). The molecule has 7 heteroatoms. The van der Waals surface area contributed by atoms with Crippen molar-refractivity contribution >= 4 is 11.8 Å². The largest absolute Gasteiger partial charge is 0.507 e. The van der Waals surface area contributed by atoms with Gasteiger partial charge in [0.25, 0.3) is 5.91 Å². The van der Waals surface area contributed by atoms with Crippen molar-refractivity contribution in [1.29, 1.82) is 0 Å². The first-order valence-electron chi connectivity index (χ1n) is 9.92. The third-order valence-electron chi connectivity index (χ3n) is 5.55. The number of phenols is 1. The maximum Gasteiger partial charge on any atom is 0.257 e. The highest BCUT2D eigenvalue weighted by Gasteiger charge is 2.37. The Morgan fingerprint density at radius 3 is 2.53 bits per heavy atom. The molecule has 0 spiro atoms. The molecule has 0 unspecified atom stereocenters. The van der Waals surface area contributed by atoms with E-state index in [4.69, 9.17) is 0 Å².